The molecule has 0 spiro atoms. The molecule has 0 saturated heterocycles. The number of nitrogens with two attached hydrogens (primary N) is 1. The van der Waals surface area contributed by atoms with E-state index < -0.39 is 0 Å². The number of aryl methyl sites for hydroxylation is 1. The number of benzene rings is 1. The van der Waals surface area contributed by atoms with Gasteiger partial charge in [-0.15, -0.1) is 6.42 Å². The predicted molar refractivity (Wildman–Crippen MR) is 57.8 cm³/mol. The van der Waals surface area contributed by atoms with E-state index in [9.17, 15) is 0 Å². The van der Waals surface area contributed by atoms with Gasteiger partial charge in [0.2, 0.25) is 0 Å². The van der Waals surface area contributed by atoms with Crippen LogP contribution in [0, 0.1) is 19.3 Å². The maximum atomic E-state index is 5.32. The van der Waals surface area contributed by atoms with Crippen molar-refractivity contribution < 1.29 is 0 Å². The molecule has 13 heavy (non-hydrogen) atoms. The molecule has 1 rings (SSSR count). The van der Waals surface area contributed by atoms with Crippen molar-refractivity contribution in [2.75, 3.05) is 0 Å². The molecule has 0 aromatic heterocycles. The lowest BCUT2D eigenvalue weighted by Crippen LogP contribution is -2.27. The van der Waals surface area contributed by atoms with Crippen LogP contribution in [0.15, 0.2) is 22.7 Å². The van der Waals surface area contributed by atoms with Crippen molar-refractivity contribution in [3.05, 3.63) is 33.8 Å². The normalized spacial score (nSPS) is 12.2. The fourth-order valence-corrected chi connectivity index (χ4v) is 1.67. The van der Waals surface area contributed by atoms with E-state index >= 15 is 0 Å². The topological polar surface area (TPSA) is 38.0 Å². The third kappa shape index (κ3) is 2.31. The van der Waals surface area contributed by atoms with Crippen LogP contribution in [-0.2, 0) is 0 Å². The summed E-state index contributed by atoms with van der Waals surface area (Å²) in [5.41, 5.74) is 4.73. The average Bonchev–Trinajstić information content (AvgIpc) is 2.10. The molecule has 0 aliphatic heterocycles. The van der Waals surface area contributed by atoms with E-state index in [0.29, 0.717) is 0 Å². The zero-order valence-corrected chi connectivity index (χ0v) is 8.93. The molecule has 1 aromatic rings. The molecule has 3 heteroatoms. The molecule has 0 amide bonds. The van der Waals surface area contributed by atoms with Crippen LogP contribution >= 0.6 is 15.9 Å². The summed E-state index contributed by atoms with van der Waals surface area (Å²) < 4.78 is 1.04. The van der Waals surface area contributed by atoms with Gasteiger partial charge in [-0.1, -0.05) is 27.9 Å². The molecular formula is C10H11BrN2. The van der Waals surface area contributed by atoms with E-state index in [1.807, 2.05) is 25.1 Å². The van der Waals surface area contributed by atoms with Crippen molar-refractivity contribution >= 4 is 15.9 Å². The summed E-state index contributed by atoms with van der Waals surface area (Å²) in [5.74, 6) is 7.89. The van der Waals surface area contributed by atoms with Gasteiger partial charge in [0.05, 0.1) is 0 Å². The Morgan fingerprint density at radius 2 is 2.31 bits per heavy atom. The summed E-state index contributed by atoms with van der Waals surface area (Å²) in [6.45, 7) is 2.00. The van der Waals surface area contributed by atoms with Crippen molar-refractivity contribution in [3.63, 3.8) is 0 Å². The number of nitrogens with one attached hydrogen (secondary N) is 1. The first-order valence-electron chi connectivity index (χ1n) is 3.87. The molecule has 3 N–H and O–H groups in total. The molecule has 1 unspecified atom stereocenters. The third-order valence-electron chi connectivity index (χ3n) is 1.88. The fraction of sp³-hybridized carbons (Fsp3) is 0.200. The Kier molecular flexibility index (Phi) is 3.49. The Balaban J connectivity index is 3.09. The van der Waals surface area contributed by atoms with Crippen LogP contribution in [0.2, 0.25) is 0 Å². The van der Waals surface area contributed by atoms with Crippen LogP contribution in [0.3, 0.4) is 0 Å². The van der Waals surface area contributed by atoms with Crippen molar-refractivity contribution in [2.24, 2.45) is 5.84 Å². The Hall–Kier alpha value is -0.820. The maximum absolute atomic E-state index is 5.32. The number of terminal acetylenes is 1. The molecule has 0 heterocycles. The highest BCUT2D eigenvalue weighted by molar-refractivity contribution is 9.10. The third-order valence-corrected chi connectivity index (χ3v) is 2.37. The zero-order chi connectivity index (χ0) is 9.84. The molecule has 1 aromatic carbocycles. The number of hydrogen-bond donors (Lipinski definition) is 2. The lowest BCUT2D eigenvalue weighted by molar-refractivity contribution is 0.670. The van der Waals surface area contributed by atoms with Crippen molar-refractivity contribution in [1.29, 1.82) is 0 Å². The summed E-state index contributed by atoms with van der Waals surface area (Å²) >= 11 is 3.39. The van der Waals surface area contributed by atoms with E-state index in [4.69, 9.17) is 12.3 Å². The molecule has 0 bridgehead atoms. The second-order valence-electron chi connectivity index (χ2n) is 2.77. The minimum Gasteiger partial charge on any atom is -0.270 e. The Morgan fingerprint density at radius 1 is 1.62 bits per heavy atom. The number of hydrogen-bond acceptors (Lipinski definition) is 2. The summed E-state index contributed by atoms with van der Waals surface area (Å²) in [4.78, 5) is 0. The summed E-state index contributed by atoms with van der Waals surface area (Å²) in [6, 6.07) is 5.71. The summed E-state index contributed by atoms with van der Waals surface area (Å²) in [7, 11) is 0. The quantitative estimate of drug-likeness (QED) is 0.470. The molecule has 0 aliphatic rings. The van der Waals surface area contributed by atoms with Crippen LogP contribution < -0.4 is 11.3 Å². The van der Waals surface area contributed by atoms with Crippen LogP contribution in [0.25, 0.3) is 0 Å². The molecule has 68 valence electrons. The molecule has 0 radical (unpaired) electrons. The van der Waals surface area contributed by atoms with E-state index in [0.717, 1.165) is 15.6 Å². The van der Waals surface area contributed by atoms with Gasteiger partial charge in [0.1, 0.15) is 6.04 Å². The second-order valence-corrected chi connectivity index (χ2v) is 3.68. The first kappa shape index (κ1) is 10.3. The largest absolute Gasteiger partial charge is 0.270 e. The first-order valence-corrected chi connectivity index (χ1v) is 4.66. The van der Waals surface area contributed by atoms with Gasteiger partial charge in [0, 0.05) is 4.47 Å². The molecule has 0 saturated carbocycles. The average molecular weight is 239 g/mol. The van der Waals surface area contributed by atoms with Crippen molar-refractivity contribution in [2.45, 2.75) is 13.0 Å². The monoisotopic (exact) mass is 238 g/mol. The van der Waals surface area contributed by atoms with Crippen LogP contribution in [0.5, 0.6) is 0 Å². The van der Waals surface area contributed by atoms with E-state index in [1.54, 1.807) is 0 Å². The van der Waals surface area contributed by atoms with Gasteiger partial charge < -0.3 is 0 Å². The van der Waals surface area contributed by atoms with Crippen molar-refractivity contribution in [1.82, 2.24) is 5.43 Å². The van der Waals surface area contributed by atoms with E-state index in [1.165, 1.54) is 0 Å². The highest BCUT2D eigenvalue weighted by Crippen LogP contribution is 2.20. The Morgan fingerprint density at radius 3 is 2.77 bits per heavy atom. The number of rotatable bonds is 2. The Labute approximate surface area is 86.6 Å². The fourth-order valence-electron chi connectivity index (χ4n) is 1.19. The van der Waals surface area contributed by atoms with Crippen molar-refractivity contribution in [3.8, 4) is 12.3 Å². The van der Waals surface area contributed by atoms with Gasteiger partial charge in [-0.3, -0.25) is 5.84 Å². The van der Waals surface area contributed by atoms with Gasteiger partial charge in [0.25, 0.3) is 0 Å². The minimum absolute atomic E-state index is 0.215. The molecule has 2 nitrogen and oxygen atoms in total. The van der Waals surface area contributed by atoms with Gasteiger partial charge in [0.15, 0.2) is 0 Å². The maximum Gasteiger partial charge on any atom is 0.107 e. The number of hydrazine groups is 1. The molecule has 0 fully saturated rings. The zero-order valence-electron chi connectivity index (χ0n) is 7.34. The van der Waals surface area contributed by atoms with E-state index in [-0.39, 0.29) is 6.04 Å². The lowest BCUT2D eigenvalue weighted by atomic mass is 10.0. The standard InChI is InChI=1S/C10H11BrN2/c1-3-10(13-12)9-5-4-8(11)6-7(9)2/h1,4-6,10,13H,12H2,2H3. The highest BCUT2D eigenvalue weighted by Gasteiger charge is 2.08. The molecule has 0 aliphatic carbocycles. The van der Waals surface area contributed by atoms with E-state index in [2.05, 4.69) is 27.3 Å². The van der Waals surface area contributed by atoms with Crippen LogP contribution in [-0.4, -0.2) is 0 Å². The number of halogens is 1. The lowest BCUT2D eigenvalue weighted by Gasteiger charge is -2.12. The minimum atomic E-state index is -0.215. The smallest absolute Gasteiger partial charge is 0.107 e. The van der Waals surface area contributed by atoms with Gasteiger partial charge in [-0.25, -0.2) is 5.43 Å². The summed E-state index contributed by atoms with van der Waals surface area (Å²) in [5, 5.41) is 0. The van der Waals surface area contributed by atoms with Crippen LogP contribution in [0.4, 0.5) is 0 Å². The first-order chi connectivity index (χ1) is 6.19. The molecular weight excluding hydrogens is 228 g/mol. The van der Waals surface area contributed by atoms with Gasteiger partial charge >= 0.3 is 0 Å². The van der Waals surface area contributed by atoms with Gasteiger partial charge in [-0.05, 0) is 30.2 Å². The second kappa shape index (κ2) is 4.43. The van der Waals surface area contributed by atoms with Crippen LogP contribution in [0.1, 0.15) is 17.2 Å². The Bertz CT molecular complexity index is 341. The predicted octanol–water partition coefficient (Wildman–Crippen LogP) is 1.90. The SMILES string of the molecule is C#CC(NN)c1ccc(Br)cc1C. The summed E-state index contributed by atoms with van der Waals surface area (Å²) in [6.07, 6.45) is 5.32. The van der Waals surface area contributed by atoms with Gasteiger partial charge in [-0.2, -0.15) is 0 Å². The molecule has 1 atom stereocenters. The highest BCUT2D eigenvalue weighted by atomic mass is 79.9.